The number of nitrogens with zero attached hydrogens (tertiary/aromatic N) is 3. The number of carbonyl (C=O) groups is 1. The number of nitrogens with one attached hydrogen (secondary N) is 2. The van der Waals surface area contributed by atoms with Gasteiger partial charge in [0, 0.05) is 38.8 Å². The topological polar surface area (TPSA) is 79.4 Å². The first-order chi connectivity index (χ1) is 9.24. The van der Waals surface area contributed by atoms with Crippen molar-refractivity contribution in [1.82, 2.24) is 15.3 Å². The summed E-state index contributed by atoms with van der Waals surface area (Å²) in [5.41, 5.74) is 0.280. The summed E-state index contributed by atoms with van der Waals surface area (Å²) in [5.74, 6) is 0.768. The monoisotopic (exact) mass is 265 g/mol. The Morgan fingerprint density at radius 2 is 2.21 bits per heavy atom. The van der Waals surface area contributed by atoms with Gasteiger partial charge in [0.25, 0.3) is 0 Å². The quantitative estimate of drug-likeness (QED) is 0.748. The molecule has 7 nitrogen and oxygen atoms in total. The number of anilines is 2. The van der Waals surface area contributed by atoms with Crippen molar-refractivity contribution < 1.29 is 9.53 Å². The van der Waals surface area contributed by atoms with Gasteiger partial charge in [-0.3, -0.25) is 0 Å². The number of methoxy groups -OCH3 is 1. The molecule has 1 aliphatic heterocycles. The average Bonchev–Trinajstić information content (AvgIpc) is 2.47. The lowest BCUT2D eigenvalue weighted by Gasteiger charge is -2.28. The van der Waals surface area contributed by atoms with Gasteiger partial charge in [-0.25, -0.2) is 9.78 Å². The van der Waals surface area contributed by atoms with E-state index < -0.39 is 5.97 Å². The Labute approximate surface area is 112 Å². The Hall–Kier alpha value is -1.89. The molecule has 1 aromatic heterocycles. The molecule has 0 atom stereocenters. The molecule has 2 rings (SSSR count). The minimum atomic E-state index is -0.446. The third kappa shape index (κ3) is 3.31. The Balaban J connectivity index is 2.29. The summed E-state index contributed by atoms with van der Waals surface area (Å²) >= 11 is 0. The maximum Gasteiger partial charge on any atom is 0.356 e. The lowest BCUT2D eigenvalue weighted by atomic mass is 10.3. The Kier molecular flexibility index (Phi) is 4.51. The van der Waals surface area contributed by atoms with Crippen LogP contribution < -0.4 is 15.5 Å². The van der Waals surface area contributed by atoms with Crippen LogP contribution in [0, 0.1) is 0 Å². The predicted molar refractivity (Wildman–Crippen MR) is 72.6 cm³/mol. The molecule has 1 aromatic rings. The lowest BCUT2D eigenvalue weighted by Crippen LogP contribution is -2.44. The van der Waals surface area contributed by atoms with E-state index in [1.807, 2.05) is 6.92 Å². The molecule has 0 amide bonds. The van der Waals surface area contributed by atoms with Crippen LogP contribution in [0.5, 0.6) is 0 Å². The SMILES string of the molecule is CCNc1nc(C(=O)OC)cc(N2CCNCC2)n1. The molecule has 0 aromatic carbocycles. The Bertz CT molecular complexity index is 446. The second-order valence-electron chi connectivity index (χ2n) is 4.19. The largest absolute Gasteiger partial charge is 0.464 e. The molecule has 0 radical (unpaired) electrons. The maximum absolute atomic E-state index is 11.6. The molecular formula is C12H19N5O2. The molecule has 1 fully saturated rings. The molecule has 0 spiro atoms. The molecular weight excluding hydrogens is 246 g/mol. The van der Waals surface area contributed by atoms with Crippen LogP contribution in [0.25, 0.3) is 0 Å². The van der Waals surface area contributed by atoms with Gasteiger partial charge in [-0.05, 0) is 6.92 Å². The molecule has 104 valence electrons. The predicted octanol–water partition coefficient (Wildman–Crippen LogP) is 0.105. The van der Waals surface area contributed by atoms with Crippen LogP contribution in [0.1, 0.15) is 17.4 Å². The van der Waals surface area contributed by atoms with Crippen molar-refractivity contribution >= 4 is 17.7 Å². The molecule has 0 unspecified atom stereocenters. The highest BCUT2D eigenvalue weighted by Gasteiger charge is 2.17. The minimum absolute atomic E-state index is 0.280. The van der Waals surface area contributed by atoms with Gasteiger partial charge in [0.15, 0.2) is 5.69 Å². The van der Waals surface area contributed by atoms with E-state index in [0.717, 1.165) is 32.0 Å². The van der Waals surface area contributed by atoms with Gasteiger partial charge in [0.1, 0.15) is 5.82 Å². The molecule has 2 heterocycles. The summed E-state index contributed by atoms with van der Waals surface area (Å²) in [5, 5.41) is 6.31. The highest BCUT2D eigenvalue weighted by Crippen LogP contribution is 2.16. The van der Waals surface area contributed by atoms with Crippen molar-refractivity contribution in [1.29, 1.82) is 0 Å². The van der Waals surface area contributed by atoms with Crippen LogP contribution in [0.4, 0.5) is 11.8 Å². The van der Waals surface area contributed by atoms with Crippen LogP contribution in [-0.2, 0) is 4.74 Å². The third-order valence-electron chi connectivity index (χ3n) is 2.88. The van der Waals surface area contributed by atoms with Gasteiger partial charge in [-0.2, -0.15) is 4.98 Å². The van der Waals surface area contributed by atoms with Gasteiger partial charge in [0.2, 0.25) is 5.95 Å². The standard InChI is InChI=1S/C12H19N5O2/c1-3-14-12-15-9(11(18)19-2)8-10(16-12)17-6-4-13-5-7-17/h8,13H,3-7H2,1-2H3,(H,14,15,16). The number of hydrogen-bond donors (Lipinski definition) is 2. The summed E-state index contributed by atoms with van der Waals surface area (Å²) in [4.78, 5) is 22.3. The van der Waals surface area contributed by atoms with E-state index in [1.54, 1.807) is 6.07 Å². The lowest BCUT2D eigenvalue weighted by molar-refractivity contribution is 0.0594. The average molecular weight is 265 g/mol. The molecule has 0 bridgehead atoms. The van der Waals surface area contributed by atoms with Crippen molar-refractivity contribution in [2.24, 2.45) is 0 Å². The second kappa shape index (κ2) is 6.33. The van der Waals surface area contributed by atoms with E-state index >= 15 is 0 Å². The fourth-order valence-corrected chi connectivity index (χ4v) is 1.94. The highest BCUT2D eigenvalue weighted by molar-refractivity contribution is 5.88. The molecule has 7 heteroatoms. The number of carbonyl (C=O) groups excluding carboxylic acids is 1. The number of piperazine rings is 1. The van der Waals surface area contributed by atoms with Crippen LogP contribution in [0.2, 0.25) is 0 Å². The summed E-state index contributed by atoms with van der Waals surface area (Å²) in [6.07, 6.45) is 0. The van der Waals surface area contributed by atoms with Crippen molar-refractivity contribution in [2.45, 2.75) is 6.92 Å². The summed E-state index contributed by atoms with van der Waals surface area (Å²) in [7, 11) is 1.35. The van der Waals surface area contributed by atoms with E-state index in [9.17, 15) is 4.79 Å². The van der Waals surface area contributed by atoms with Gasteiger partial charge >= 0.3 is 5.97 Å². The normalized spacial score (nSPS) is 15.2. The number of ether oxygens (including phenoxy) is 1. The van der Waals surface area contributed by atoms with Crippen LogP contribution in [0.15, 0.2) is 6.07 Å². The molecule has 1 aliphatic rings. The zero-order valence-electron chi connectivity index (χ0n) is 11.3. The minimum Gasteiger partial charge on any atom is -0.464 e. The first-order valence-corrected chi connectivity index (χ1v) is 6.41. The number of aromatic nitrogens is 2. The van der Waals surface area contributed by atoms with E-state index in [1.165, 1.54) is 7.11 Å². The molecule has 2 N–H and O–H groups in total. The van der Waals surface area contributed by atoms with Crippen molar-refractivity contribution in [3.05, 3.63) is 11.8 Å². The molecule has 1 saturated heterocycles. The second-order valence-corrected chi connectivity index (χ2v) is 4.19. The zero-order valence-corrected chi connectivity index (χ0v) is 11.3. The van der Waals surface area contributed by atoms with E-state index in [2.05, 4.69) is 25.5 Å². The summed E-state index contributed by atoms with van der Waals surface area (Å²) in [6.45, 7) is 6.21. The van der Waals surface area contributed by atoms with Crippen molar-refractivity contribution in [2.75, 3.05) is 50.1 Å². The van der Waals surface area contributed by atoms with Crippen molar-refractivity contribution in [3.8, 4) is 0 Å². The van der Waals surface area contributed by atoms with Crippen molar-refractivity contribution in [3.63, 3.8) is 0 Å². The fourth-order valence-electron chi connectivity index (χ4n) is 1.94. The first kappa shape index (κ1) is 13.5. The molecule has 0 aliphatic carbocycles. The van der Waals surface area contributed by atoms with Crippen LogP contribution in [-0.4, -0.2) is 55.8 Å². The first-order valence-electron chi connectivity index (χ1n) is 6.41. The van der Waals surface area contributed by atoms with E-state index in [-0.39, 0.29) is 5.69 Å². The maximum atomic E-state index is 11.6. The van der Waals surface area contributed by atoms with Gasteiger partial charge in [0.05, 0.1) is 7.11 Å². The fraction of sp³-hybridized carbons (Fsp3) is 0.583. The molecule has 0 saturated carbocycles. The number of hydrogen-bond acceptors (Lipinski definition) is 7. The Morgan fingerprint density at radius 3 is 2.84 bits per heavy atom. The zero-order chi connectivity index (χ0) is 13.7. The summed E-state index contributed by atoms with van der Waals surface area (Å²) in [6, 6.07) is 1.68. The smallest absolute Gasteiger partial charge is 0.356 e. The highest BCUT2D eigenvalue weighted by atomic mass is 16.5. The summed E-state index contributed by atoms with van der Waals surface area (Å²) < 4.78 is 4.72. The van der Waals surface area contributed by atoms with Gasteiger partial charge in [-0.15, -0.1) is 0 Å². The van der Waals surface area contributed by atoms with E-state index in [4.69, 9.17) is 4.74 Å². The number of esters is 1. The number of rotatable bonds is 4. The van der Waals surface area contributed by atoms with Gasteiger partial charge < -0.3 is 20.3 Å². The Morgan fingerprint density at radius 1 is 1.47 bits per heavy atom. The van der Waals surface area contributed by atoms with Crippen LogP contribution in [0.3, 0.4) is 0 Å². The third-order valence-corrected chi connectivity index (χ3v) is 2.88. The van der Waals surface area contributed by atoms with Crippen LogP contribution >= 0.6 is 0 Å². The van der Waals surface area contributed by atoms with Gasteiger partial charge in [-0.1, -0.05) is 0 Å². The van der Waals surface area contributed by atoms with E-state index in [0.29, 0.717) is 12.5 Å². The molecule has 19 heavy (non-hydrogen) atoms.